The van der Waals surface area contributed by atoms with Crippen LogP contribution in [-0.2, 0) is 14.8 Å². The van der Waals surface area contributed by atoms with Crippen LogP contribution in [0.15, 0.2) is 29.2 Å². The van der Waals surface area contributed by atoms with Crippen LogP contribution in [0.25, 0.3) is 0 Å². The van der Waals surface area contributed by atoms with Crippen molar-refractivity contribution >= 4 is 28.4 Å². The molecule has 0 bridgehead atoms. The number of nitrogens with one attached hydrogen (secondary N) is 1. The number of piperidine rings is 1. The van der Waals surface area contributed by atoms with Gasteiger partial charge in [0.15, 0.2) is 0 Å². The van der Waals surface area contributed by atoms with Gasteiger partial charge in [-0.05, 0) is 32.0 Å². The minimum Gasteiger partial charge on any atom is -0.465 e. The third-order valence-electron chi connectivity index (χ3n) is 3.70. The highest BCUT2D eigenvalue weighted by Gasteiger charge is 2.32. The number of benzene rings is 1. The van der Waals surface area contributed by atoms with Crippen molar-refractivity contribution in [1.29, 1.82) is 0 Å². The number of nitrogens with zero attached hydrogens (tertiary/aromatic N) is 1. The molecule has 1 saturated heterocycles. The topological polar surface area (TPSA) is 75.7 Å². The van der Waals surface area contributed by atoms with Gasteiger partial charge >= 0.3 is 5.97 Å². The van der Waals surface area contributed by atoms with Gasteiger partial charge in [0.05, 0.1) is 17.6 Å². The predicted octanol–water partition coefficient (Wildman–Crippen LogP) is 1.27. The van der Waals surface area contributed by atoms with Gasteiger partial charge in [-0.15, -0.1) is 12.4 Å². The molecule has 1 fully saturated rings. The van der Waals surface area contributed by atoms with Crippen LogP contribution in [0.5, 0.6) is 0 Å². The summed E-state index contributed by atoms with van der Waals surface area (Å²) in [5.41, 5.74) is 0.0755. The highest BCUT2D eigenvalue weighted by atomic mass is 35.5. The zero-order valence-electron chi connectivity index (χ0n) is 12.6. The smallest absolute Gasteiger partial charge is 0.339 e. The number of hydrogen-bond acceptors (Lipinski definition) is 5. The number of ether oxygens (including phenoxy) is 1. The average Bonchev–Trinajstić information content (AvgIpc) is 2.54. The van der Waals surface area contributed by atoms with Gasteiger partial charge in [-0.25, -0.2) is 13.2 Å². The maximum absolute atomic E-state index is 12.8. The van der Waals surface area contributed by atoms with Gasteiger partial charge in [-0.1, -0.05) is 12.1 Å². The Morgan fingerprint density at radius 1 is 1.36 bits per heavy atom. The molecule has 1 aliphatic heterocycles. The SMILES string of the molecule is CNC1CCCN(S(=O)(=O)c2ccccc2C(=O)OC)C1.Cl. The van der Waals surface area contributed by atoms with Crippen molar-refractivity contribution in [3.8, 4) is 0 Å². The van der Waals surface area contributed by atoms with E-state index in [0.29, 0.717) is 13.1 Å². The number of esters is 1. The van der Waals surface area contributed by atoms with Gasteiger partial charge < -0.3 is 10.1 Å². The molecule has 1 aromatic carbocycles. The summed E-state index contributed by atoms with van der Waals surface area (Å²) in [5, 5.41) is 3.11. The first-order valence-corrected chi connectivity index (χ1v) is 8.29. The van der Waals surface area contributed by atoms with Crippen molar-refractivity contribution in [2.24, 2.45) is 0 Å². The summed E-state index contributed by atoms with van der Waals surface area (Å²) < 4.78 is 31.7. The van der Waals surface area contributed by atoms with Crippen molar-refractivity contribution in [3.05, 3.63) is 29.8 Å². The Balaban J connectivity index is 0.00000242. The number of likely N-dealkylation sites (N-methyl/N-ethyl adjacent to an activating group) is 1. The third kappa shape index (κ3) is 3.78. The number of methoxy groups -OCH3 is 1. The fourth-order valence-corrected chi connectivity index (χ4v) is 4.21. The summed E-state index contributed by atoms with van der Waals surface area (Å²) in [4.78, 5) is 11.8. The normalized spacial score (nSPS) is 19.3. The number of carbonyl (C=O) groups excluding carboxylic acids is 1. The second-order valence-corrected chi connectivity index (χ2v) is 6.88. The van der Waals surface area contributed by atoms with Crippen molar-refractivity contribution < 1.29 is 17.9 Å². The Morgan fingerprint density at radius 2 is 2.05 bits per heavy atom. The van der Waals surface area contributed by atoms with Crippen LogP contribution >= 0.6 is 12.4 Å². The van der Waals surface area contributed by atoms with E-state index in [0.717, 1.165) is 12.8 Å². The van der Waals surface area contributed by atoms with Crippen LogP contribution < -0.4 is 5.32 Å². The molecule has 0 radical (unpaired) electrons. The van der Waals surface area contributed by atoms with E-state index in [2.05, 4.69) is 10.1 Å². The molecular weight excluding hydrogens is 328 g/mol. The van der Waals surface area contributed by atoms with E-state index in [1.54, 1.807) is 12.1 Å². The van der Waals surface area contributed by atoms with E-state index in [4.69, 9.17) is 0 Å². The van der Waals surface area contributed by atoms with Crippen molar-refractivity contribution in [2.45, 2.75) is 23.8 Å². The summed E-state index contributed by atoms with van der Waals surface area (Å²) >= 11 is 0. The summed E-state index contributed by atoms with van der Waals surface area (Å²) in [6.45, 7) is 0.879. The van der Waals surface area contributed by atoms with Crippen LogP contribution in [0.4, 0.5) is 0 Å². The van der Waals surface area contributed by atoms with Gasteiger partial charge in [-0.2, -0.15) is 4.31 Å². The molecule has 0 aliphatic carbocycles. The van der Waals surface area contributed by atoms with Crippen molar-refractivity contribution in [1.82, 2.24) is 9.62 Å². The van der Waals surface area contributed by atoms with Crippen LogP contribution in [0.2, 0.25) is 0 Å². The van der Waals surface area contributed by atoms with Gasteiger partial charge in [0, 0.05) is 19.1 Å². The molecule has 1 aliphatic rings. The first-order chi connectivity index (χ1) is 10.0. The van der Waals surface area contributed by atoms with E-state index in [1.807, 2.05) is 7.05 Å². The maximum Gasteiger partial charge on any atom is 0.339 e. The summed E-state index contributed by atoms with van der Waals surface area (Å²) in [6.07, 6.45) is 1.74. The van der Waals surface area contributed by atoms with E-state index in [1.165, 1.54) is 23.5 Å². The van der Waals surface area contributed by atoms with E-state index in [9.17, 15) is 13.2 Å². The molecule has 1 N–H and O–H groups in total. The molecular formula is C14H21ClN2O4S. The van der Waals surface area contributed by atoms with Crippen LogP contribution in [0, 0.1) is 0 Å². The lowest BCUT2D eigenvalue weighted by atomic mass is 10.1. The Morgan fingerprint density at radius 3 is 2.68 bits per heavy atom. The van der Waals surface area contributed by atoms with Crippen LogP contribution in [0.3, 0.4) is 0 Å². The molecule has 6 nitrogen and oxygen atoms in total. The molecule has 0 saturated carbocycles. The Kier molecular flexibility index (Phi) is 6.80. The summed E-state index contributed by atoms with van der Waals surface area (Å²) in [6, 6.07) is 6.29. The Hall–Kier alpha value is -1.15. The maximum atomic E-state index is 12.8. The summed E-state index contributed by atoms with van der Waals surface area (Å²) in [5.74, 6) is -0.642. The third-order valence-corrected chi connectivity index (χ3v) is 5.63. The van der Waals surface area contributed by atoms with E-state index >= 15 is 0 Å². The fourth-order valence-electron chi connectivity index (χ4n) is 2.51. The highest BCUT2D eigenvalue weighted by molar-refractivity contribution is 7.89. The molecule has 0 amide bonds. The minimum atomic E-state index is -3.70. The second kappa shape index (κ2) is 7.92. The lowest BCUT2D eigenvalue weighted by molar-refractivity contribution is 0.0596. The Labute approximate surface area is 137 Å². The van der Waals surface area contributed by atoms with Gasteiger partial charge in [0.2, 0.25) is 10.0 Å². The van der Waals surface area contributed by atoms with Crippen molar-refractivity contribution in [2.75, 3.05) is 27.2 Å². The minimum absolute atomic E-state index is 0. The van der Waals surface area contributed by atoms with Gasteiger partial charge in [0.1, 0.15) is 0 Å². The Bertz CT molecular complexity index is 621. The van der Waals surface area contributed by atoms with Gasteiger partial charge in [-0.3, -0.25) is 0 Å². The summed E-state index contributed by atoms with van der Waals surface area (Å²) in [7, 11) is -0.636. The van der Waals surface area contributed by atoms with E-state index in [-0.39, 0.29) is 28.9 Å². The number of halogens is 1. The van der Waals surface area contributed by atoms with Gasteiger partial charge in [0.25, 0.3) is 0 Å². The average molecular weight is 349 g/mol. The number of carbonyl (C=O) groups is 1. The molecule has 124 valence electrons. The molecule has 0 aromatic heterocycles. The lowest BCUT2D eigenvalue weighted by Gasteiger charge is -2.32. The highest BCUT2D eigenvalue weighted by Crippen LogP contribution is 2.24. The quantitative estimate of drug-likeness (QED) is 0.829. The fraction of sp³-hybridized carbons (Fsp3) is 0.500. The van der Waals surface area contributed by atoms with Crippen molar-refractivity contribution in [3.63, 3.8) is 0 Å². The zero-order chi connectivity index (χ0) is 15.5. The molecule has 2 rings (SSSR count). The standard InChI is InChI=1S/C14H20N2O4S.ClH/c1-15-11-6-5-9-16(10-11)21(18,19)13-8-4-3-7-12(13)14(17)20-2;/h3-4,7-8,11,15H,5-6,9-10H2,1-2H3;1H. The monoisotopic (exact) mass is 348 g/mol. The molecule has 22 heavy (non-hydrogen) atoms. The molecule has 1 heterocycles. The predicted molar refractivity (Wildman–Crippen MR) is 85.9 cm³/mol. The zero-order valence-corrected chi connectivity index (χ0v) is 14.2. The largest absolute Gasteiger partial charge is 0.465 e. The molecule has 8 heteroatoms. The number of sulfonamides is 1. The first-order valence-electron chi connectivity index (χ1n) is 6.85. The van der Waals surface area contributed by atoms with Crippen LogP contribution in [-0.4, -0.2) is 52.0 Å². The molecule has 1 aromatic rings. The molecule has 1 unspecified atom stereocenters. The molecule has 0 spiro atoms. The number of hydrogen-bond donors (Lipinski definition) is 1. The van der Waals surface area contributed by atoms with Crippen LogP contribution in [0.1, 0.15) is 23.2 Å². The first kappa shape index (κ1) is 18.9. The number of rotatable bonds is 4. The lowest BCUT2D eigenvalue weighted by Crippen LogP contribution is -2.47. The molecule has 1 atom stereocenters. The second-order valence-electron chi connectivity index (χ2n) is 4.98. The van der Waals surface area contributed by atoms with E-state index < -0.39 is 16.0 Å².